The summed E-state index contributed by atoms with van der Waals surface area (Å²) in [5.74, 6) is -0.0836. The summed E-state index contributed by atoms with van der Waals surface area (Å²) in [5.41, 5.74) is 3.09. The topological polar surface area (TPSA) is 45.9 Å². The molecule has 1 heterocycles. The van der Waals surface area contributed by atoms with Gasteiger partial charge < -0.3 is 29.3 Å². The lowest BCUT2D eigenvalue weighted by Crippen LogP contribution is -3.00. The summed E-state index contributed by atoms with van der Waals surface area (Å²) in [6.07, 6.45) is 3.66. The van der Waals surface area contributed by atoms with Crippen molar-refractivity contribution < 1.29 is 33.5 Å². The number of hydrogen-bond donors (Lipinski definition) is 1. The van der Waals surface area contributed by atoms with Gasteiger partial charge in [-0.3, -0.25) is 4.79 Å². The minimum atomic E-state index is -0.0836. The average Bonchev–Trinajstić information content (AvgIpc) is 2.50. The second kappa shape index (κ2) is 7.50. The zero-order valence-electron chi connectivity index (χ0n) is 13.1. The van der Waals surface area contributed by atoms with Gasteiger partial charge >= 0.3 is 0 Å². The van der Waals surface area contributed by atoms with Gasteiger partial charge in [0.1, 0.15) is 6.20 Å². The lowest BCUT2D eigenvalue weighted by atomic mass is 10.1. The Morgan fingerprint density at radius 3 is 2.61 bits per heavy atom. The van der Waals surface area contributed by atoms with Crippen LogP contribution in [0.4, 0.5) is 5.69 Å². The third-order valence-electron chi connectivity index (χ3n) is 3.59. The first-order chi connectivity index (χ1) is 10.6. The van der Waals surface area contributed by atoms with Gasteiger partial charge in [-0.1, -0.05) is 40.6 Å². The van der Waals surface area contributed by atoms with Gasteiger partial charge in [0.15, 0.2) is 0 Å². The molecule has 4 nitrogen and oxygen atoms in total. The molecule has 0 radical (unpaired) electrons. The first-order valence-electron chi connectivity index (χ1n) is 7.23. The minimum Gasteiger partial charge on any atom is -1.00 e. The molecule has 1 N–H and O–H groups in total. The van der Waals surface area contributed by atoms with Gasteiger partial charge in [0.25, 0.3) is 12.5 Å². The van der Waals surface area contributed by atoms with Crippen molar-refractivity contribution in [2.45, 2.75) is 20.4 Å². The largest absolute Gasteiger partial charge is 1.00 e. The van der Waals surface area contributed by atoms with E-state index >= 15 is 0 Å². The number of anilines is 1. The van der Waals surface area contributed by atoms with Crippen molar-refractivity contribution in [3.8, 4) is 0 Å². The predicted octanol–water partition coefficient (Wildman–Crippen LogP) is -0.218. The van der Waals surface area contributed by atoms with Crippen molar-refractivity contribution in [2.24, 2.45) is 0 Å². The fraction of sp³-hybridized carbons (Fsp3) is 0.167. The van der Waals surface area contributed by atoms with Gasteiger partial charge in [0, 0.05) is 16.5 Å². The highest BCUT2D eigenvalue weighted by Gasteiger charge is 2.13. The van der Waals surface area contributed by atoms with Crippen LogP contribution in [0.2, 0.25) is 0 Å². The number of hydrogen-bond acceptors (Lipinski definition) is 2. The first kappa shape index (κ1) is 17.3. The molecule has 0 spiro atoms. The van der Waals surface area contributed by atoms with E-state index in [1.807, 2.05) is 56.4 Å². The van der Waals surface area contributed by atoms with Crippen molar-refractivity contribution in [1.29, 1.82) is 0 Å². The molecule has 0 aliphatic rings. The van der Waals surface area contributed by atoms with E-state index in [4.69, 9.17) is 0 Å². The quantitative estimate of drug-likeness (QED) is 0.472. The molecule has 2 aromatic carbocycles. The van der Waals surface area contributed by atoms with Crippen LogP contribution in [0, 0.1) is 13.8 Å². The Morgan fingerprint density at radius 2 is 1.87 bits per heavy atom. The number of halogens is 1. The highest BCUT2D eigenvalue weighted by molar-refractivity contribution is 5.90. The maximum Gasteiger partial charge on any atom is 0.292 e. The third-order valence-corrected chi connectivity index (χ3v) is 3.59. The van der Waals surface area contributed by atoms with E-state index in [-0.39, 0.29) is 36.4 Å². The molecule has 3 aromatic rings. The van der Waals surface area contributed by atoms with Crippen LogP contribution in [0.25, 0.3) is 10.8 Å². The monoisotopic (exact) mass is 419 g/mol. The molecule has 5 heteroatoms. The lowest BCUT2D eigenvalue weighted by molar-refractivity contribution is -0.740. The van der Waals surface area contributed by atoms with Gasteiger partial charge in [-0.05, 0) is 36.6 Å². The molecule has 3 rings (SSSR count). The van der Waals surface area contributed by atoms with Crippen molar-refractivity contribution in [1.82, 2.24) is 5.10 Å². The summed E-state index contributed by atoms with van der Waals surface area (Å²) >= 11 is 0. The van der Waals surface area contributed by atoms with Gasteiger partial charge in [-0.2, -0.15) is 0 Å². The number of aryl methyl sites for hydroxylation is 2. The number of carbonyl (C=O) groups excluding carboxylic acids is 1. The van der Waals surface area contributed by atoms with Crippen LogP contribution in [0.5, 0.6) is 0 Å². The van der Waals surface area contributed by atoms with Gasteiger partial charge in [0.2, 0.25) is 6.20 Å². The molecule has 0 aliphatic heterocycles. The number of nitrogens with one attached hydrogen (secondary N) is 1. The molecule has 118 valence electrons. The number of benzene rings is 2. The van der Waals surface area contributed by atoms with Crippen LogP contribution in [0.3, 0.4) is 0 Å². The molecular formula is C18H18IN3O. The van der Waals surface area contributed by atoms with Crippen LogP contribution in [-0.2, 0) is 11.3 Å². The summed E-state index contributed by atoms with van der Waals surface area (Å²) in [6, 6.07) is 13.9. The molecule has 1 amide bonds. The Labute approximate surface area is 152 Å². The Bertz CT molecular complexity index is 849. The minimum absolute atomic E-state index is 0. The number of fused-ring (bicyclic) bond motifs is 1. The molecule has 0 fully saturated rings. The SMILES string of the molecule is Cc1ccc(NC(=O)C[n+]2cc3ccccc3cn2)c(C)c1.[I-]. The molecule has 0 unspecified atom stereocenters. The first-order valence-corrected chi connectivity index (χ1v) is 7.23. The molecule has 1 aromatic heterocycles. The standard InChI is InChI=1S/C18H17N3O.HI/c1-13-7-8-17(14(2)9-13)20-18(22)12-21-11-16-6-4-3-5-15(16)10-19-21;/h3-11H,12H2,1-2H3;1H. The molecular weight excluding hydrogens is 401 g/mol. The van der Waals surface area contributed by atoms with E-state index in [0.717, 1.165) is 22.0 Å². The Hall–Kier alpha value is -2.02. The van der Waals surface area contributed by atoms with E-state index in [1.54, 1.807) is 10.9 Å². The zero-order chi connectivity index (χ0) is 15.5. The van der Waals surface area contributed by atoms with Crippen molar-refractivity contribution in [3.05, 3.63) is 66.0 Å². The van der Waals surface area contributed by atoms with Crippen LogP contribution >= 0.6 is 0 Å². The predicted molar refractivity (Wildman–Crippen MR) is 86.5 cm³/mol. The fourth-order valence-electron chi connectivity index (χ4n) is 2.45. The van der Waals surface area contributed by atoms with Crippen LogP contribution in [0.1, 0.15) is 11.1 Å². The summed E-state index contributed by atoms with van der Waals surface area (Å²) in [5, 5.41) is 9.35. The van der Waals surface area contributed by atoms with E-state index in [1.165, 1.54) is 5.56 Å². The highest BCUT2D eigenvalue weighted by Crippen LogP contribution is 2.15. The smallest absolute Gasteiger partial charge is 0.292 e. The second-order valence-corrected chi connectivity index (χ2v) is 5.47. The average molecular weight is 419 g/mol. The van der Waals surface area contributed by atoms with Crippen LogP contribution in [-0.4, -0.2) is 11.0 Å². The van der Waals surface area contributed by atoms with Gasteiger partial charge in [-0.15, -0.1) is 0 Å². The van der Waals surface area contributed by atoms with E-state index in [9.17, 15) is 4.79 Å². The molecule has 0 saturated carbocycles. The van der Waals surface area contributed by atoms with Crippen LogP contribution < -0.4 is 34.0 Å². The molecule has 0 saturated heterocycles. The maximum absolute atomic E-state index is 12.2. The molecule has 0 atom stereocenters. The van der Waals surface area contributed by atoms with E-state index in [0.29, 0.717) is 0 Å². The second-order valence-electron chi connectivity index (χ2n) is 5.47. The van der Waals surface area contributed by atoms with E-state index < -0.39 is 0 Å². The number of amides is 1. The van der Waals surface area contributed by atoms with Gasteiger partial charge in [-0.25, -0.2) is 0 Å². The van der Waals surface area contributed by atoms with Crippen LogP contribution in [0.15, 0.2) is 54.9 Å². The maximum atomic E-state index is 12.2. The molecule has 0 bridgehead atoms. The number of carbonyl (C=O) groups is 1. The number of nitrogens with zero attached hydrogens (tertiary/aromatic N) is 2. The summed E-state index contributed by atoms with van der Waals surface area (Å²) in [6.45, 7) is 4.22. The fourth-order valence-corrected chi connectivity index (χ4v) is 2.45. The number of rotatable bonds is 3. The molecule has 0 aliphatic carbocycles. The van der Waals surface area contributed by atoms with Crippen molar-refractivity contribution in [3.63, 3.8) is 0 Å². The van der Waals surface area contributed by atoms with E-state index in [2.05, 4.69) is 16.5 Å². The van der Waals surface area contributed by atoms with Gasteiger partial charge in [0.05, 0.1) is 0 Å². The summed E-state index contributed by atoms with van der Waals surface area (Å²) in [7, 11) is 0. The highest BCUT2D eigenvalue weighted by atomic mass is 127. The zero-order valence-corrected chi connectivity index (χ0v) is 15.2. The third kappa shape index (κ3) is 4.25. The molecule has 23 heavy (non-hydrogen) atoms. The Kier molecular flexibility index (Phi) is 5.65. The van der Waals surface area contributed by atoms with Crippen molar-refractivity contribution in [2.75, 3.05) is 5.32 Å². The lowest BCUT2D eigenvalue weighted by Gasteiger charge is -2.07. The Morgan fingerprint density at radius 1 is 1.13 bits per heavy atom. The summed E-state index contributed by atoms with van der Waals surface area (Å²) in [4.78, 5) is 12.2. The number of aromatic nitrogens is 2. The summed E-state index contributed by atoms with van der Waals surface area (Å²) < 4.78 is 1.65. The normalized spacial score (nSPS) is 10.2. The Balaban J connectivity index is 0.00000192. The van der Waals surface area contributed by atoms with Crippen molar-refractivity contribution >= 4 is 22.4 Å².